The second-order valence-corrected chi connectivity index (χ2v) is 13.0. The molecule has 13 heteroatoms. The molecule has 2 N–H and O–H groups in total. The van der Waals surface area contributed by atoms with Crippen molar-refractivity contribution in [3.8, 4) is 16.9 Å². The molecule has 7 rings (SSSR count). The summed E-state index contributed by atoms with van der Waals surface area (Å²) in [7, 11) is 3.38. The Morgan fingerprint density at radius 1 is 1.12 bits per heavy atom. The topological polar surface area (TPSA) is 98.9 Å². The number of benzene rings is 2. The second kappa shape index (κ2) is 13.6. The van der Waals surface area contributed by atoms with Crippen molar-refractivity contribution in [3.63, 3.8) is 0 Å². The van der Waals surface area contributed by atoms with Gasteiger partial charge in [0, 0.05) is 62.1 Å². The van der Waals surface area contributed by atoms with Crippen LogP contribution in [-0.4, -0.2) is 58.0 Å². The van der Waals surface area contributed by atoms with E-state index in [-0.39, 0.29) is 40.4 Å². The van der Waals surface area contributed by atoms with Gasteiger partial charge in [-0.3, -0.25) is 9.59 Å². The molecule has 0 atom stereocenters. The number of hydrogen-bond donors (Lipinski definition) is 2. The van der Waals surface area contributed by atoms with Crippen molar-refractivity contribution in [1.82, 2.24) is 19.3 Å². The van der Waals surface area contributed by atoms with E-state index < -0.39 is 29.2 Å². The molecule has 1 aliphatic carbocycles. The number of nitrogens with one attached hydrogen (secondary N) is 2. The summed E-state index contributed by atoms with van der Waals surface area (Å²) in [4.78, 5) is 30.9. The Morgan fingerprint density at radius 2 is 1.90 bits per heavy atom. The predicted molar refractivity (Wildman–Crippen MR) is 185 cm³/mol. The van der Waals surface area contributed by atoms with E-state index in [1.807, 2.05) is 0 Å². The highest BCUT2D eigenvalue weighted by Gasteiger charge is 2.39. The van der Waals surface area contributed by atoms with Gasteiger partial charge >= 0.3 is 6.18 Å². The Morgan fingerprint density at radius 3 is 2.63 bits per heavy atom. The smallest absolute Gasteiger partial charge is 0.417 e. The van der Waals surface area contributed by atoms with Gasteiger partial charge in [-0.05, 0) is 74.6 Å². The van der Waals surface area contributed by atoms with E-state index in [4.69, 9.17) is 9.47 Å². The van der Waals surface area contributed by atoms with E-state index in [2.05, 4.69) is 15.6 Å². The maximum Gasteiger partial charge on any atom is 0.417 e. The van der Waals surface area contributed by atoms with Crippen molar-refractivity contribution in [2.45, 2.75) is 57.3 Å². The number of anilines is 1. The first-order valence-corrected chi connectivity index (χ1v) is 16.9. The molecule has 2 aromatic carbocycles. The van der Waals surface area contributed by atoms with E-state index in [9.17, 15) is 22.8 Å². The minimum Gasteiger partial charge on any atom is -0.490 e. The molecule has 51 heavy (non-hydrogen) atoms. The summed E-state index contributed by atoms with van der Waals surface area (Å²) < 4.78 is 73.9. The van der Waals surface area contributed by atoms with Crippen molar-refractivity contribution >= 4 is 33.9 Å². The molecule has 4 heterocycles. The third-order valence-corrected chi connectivity index (χ3v) is 9.94. The fraction of sp³-hybridized carbons (Fsp3) is 0.342. The number of halogens is 4. The maximum atomic E-state index is 15.3. The average Bonchev–Trinajstić information content (AvgIpc) is 3.62. The highest BCUT2D eigenvalue weighted by Crippen LogP contribution is 2.48. The van der Waals surface area contributed by atoms with Crippen molar-refractivity contribution in [1.29, 1.82) is 0 Å². The van der Waals surface area contributed by atoms with E-state index in [1.165, 1.54) is 18.2 Å². The first-order valence-electron chi connectivity index (χ1n) is 16.9. The van der Waals surface area contributed by atoms with Crippen LogP contribution >= 0.6 is 0 Å². The lowest BCUT2D eigenvalue weighted by atomic mass is 9.93. The molecule has 5 aromatic rings. The number of methoxy groups -OCH3 is 1. The van der Waals surface area contributed by atoms with Gasteiger partial charge in [-0.1, -0.05) is 12.1 Å². The number of amides is 1. The Balaban J connectivity index is 1.15. The molecule has 0 spiro atoms. The van der Waals surface area contributed by atoms with Crippen LogP contribution in [0.1, 0.15) is 58.7 Å². The van der Waals surface area contributed by atoms with E-state index in [1.54, 1.807) is 60.5 Å². The summed E-state index contributed by atoms with van der Waals surface area (Å²) in [5, 5.41) is 5.90. The number of ether oxygens (including phenoxy) is 2. The van der Waals surface area contributed by atoms with Crippen LogP contribution < -0.4 is 15.4 Å². The number of nitrogens with zero attached hydrogens (tertiary/aromatic N) is 3. The molecule has 0 radical (unpaired) electrons. The minimum atomic E-state index is -4.72. The zero-order chi connectivity index (χ0) is 36.0. The Hall–Kier alpha value is -5.01. The number of rotatable bonds is 8. The summed E-state index contributed by atoms with van der Waals surface area (Å²) >= 11 is 0. The third-order valence-electron chi connectivity index (χ3n) is 9.94. The average molecular weight is 704 g/mol. The number of carbonyl (C=O) groups is 2. The fourth-order valence-electron chi connectivity index (χ4n) is 7.19. The number of pyridine rings is 1. The summed E-state index contributed by atoms with van der Waals surface area (Å²) in [6.07, 6.45) is 4.44. The Kier molecular flexibility index (Phi) is 9.19. The van der Waals surface area contributed by atoms with Crippen LogP contribution in [0.25, 0.3) is 27.7 Å². The van der Waals surface area contributed by atoms with Gasteiger partial charge in [-0.2, -0.15) is 13.2 Å². The lowest BCUT2D eigenvalue weighted by molar-refractivity contribution is -0.137. The number of hydrogen-bond acceptors (Lipinski definition) is 6. The number of carbonyl (C=O) groups excluding carboxylic acids is 2. The van der Waals surface area contributed by atoms with Gasteiger partial charge in [0.25, 0.3) is 0 Å². The Labute approximate surface area is 291 Å². The summed E-state index contributed by atoms with van der Waals surface area (Å²) in [5.41, 5.74) is 0.934. The van der Waals surface area contributed by atoms with Crippen molar-refractivity contribution in [2.24, 2.45) is 7.05 Å². The molecule has 0 bridgehead atoms. The first kappa shape index (κ1) is 34.4. The van der Waals surface area contributed by atoms with Crippen molar-refractivity contribution in [2.75, 3.05) is 25.6 Å². The van der Waals surface area contributed by atoms with E-state index in [0.29, 0.717) is 53.0 Å². The molecule has 1 amide bonds. The van der Waals surface area contributed by atoms with Gasteiger partial charge in [-0.15, -0.1) is 0 Å². The Bertz CT molecular complexity index is 2190. The van der Waals surface area contributed by atoms with Crippen LogP contribution in [0.3, 0.4) is 0 Å². The number of aromatic nitrogens is 3. The lowest BCUT2D eigenvalue weighted by Crippen LogP contribution is -2.35. The number of aryl methyl sites for hydroxylation is 2. The minimum absolute atomic E-state index is 0.0120. The van der Waals surface area contributed by atoms with Crippen LogP contribution in [0, 0.1) is 12.7 Å². The fourth-order valence-corrected chi connectivity index (χ4v) is 7.19. The van der Waals surface area contributed by atoms with Gasteiger partial charge in [0.15, 0.2) is 5.75 Å². The lowest BCUT2D eigenvalue weighted by Gasteiger charge is -2.27. The quantitative estimate of drug-likeness (QED) is 0.101. The highest BCUT2D eigenvalue weighted by molar-refractivity contribution is 6.10. The van der Waals surface area contributed by atoms with Gasteiger partial charge in [-0.25, -0.2) is 9.37 Å². The molecule has 0 unspecified atom stereocenters. The number of fused-ring (bicyclic) bond motifs is 4. The molecule has 266 valence electrons. The molecular weight excluding hydrogens is 666 g/mol. The van der Waals surface area contributed by atoms with Crippen LogP contribution in [0.2, 0.25) is 0 Å². The van der Waals surface area contributed by atoms with Crippen molar-refractivity contribution in [3.05, 3.63) is 94.8 Å². The zero-order valence-electron chi connectivity index (χ0n) is 28.4. The molecule has 1 saturated carbocycles. The molecular formula is C38H37F4N5O4. The van der Waals surface area contributed by atoms with Crippen LogP contribution in [-0.2, 0) is 29.2 Å². The van der Waals surface area contributed by atoms with E-state index in [0.717, 1.165) is 37.8 Å². The summed E-state index contributed by atoms with van der Waals surface area (Å²) in [5.74, 6) is -1.29. The molecule has 1 aliphatic heterocycles. The second-order valence-electron chi connectivity index (χ2n) is 13.0. The van der Waals surface area contributed by atoms with Gasteiger partial charge in [0.05, 0.1) is 40.7 Å². The molecule has 1 fully saturated rings. The number of ketones is 1. The van der Waals surface area contributed by atoms with Crippen LogP contribution in [0.5, 0.6) is 5.75 Å². The maximum absolute atomic E-state index is 15.3. The predicted octanol–water partition coefficient (Wildman–Crippen LogP) is 7.17. The summed E-state index contributed by atoms with van der Waals surface area (Å²) in [6.45, 7) is 2.24. The van der Waals surface area contributed by atoms with Crippen molar-refractivity contribution < 1.29 is 36.6 Å². The molecule has 3 aromatic heterocycles. The van der Waals surface area contributed by atoms with Crippen LogP contribution in [0.15, 0.2) is 60.8 Å². The van der Waals surface area contributed by atoms with Gasteiger partial charge in [0.1, 0.15) is 17.2 Å². The number of alkyl halides is 3. The third kappa shape index (κ3) is 6.51. The van der Waals surface area contributed by atoms with Crippen LogP contribution in [0.4, 0.5) is 23.2 Å². The molecule has 9 nitrogen and oxygen atoms in total. The standard InChI is InChI=1S/C38H37F4N5O4/c1-21-44-34-30(46(21)2)20-27(38(40,41)42)33-26-6-5-16-47-31(19-22(35(26)47)14-17-51-37(33)34)36(49)23-8-13-29(28(39)18-23)45-32(48)7-4-15-43-24-9-11-25(50-3)12-10-24/h4-8,13,16,18-20,24-25,43H,9-12,14-15,17H2,1-3H3,(H,45,48)/b7-4+. The van der Waals surface area contributed by atoms with Gasteiger partial charge in [0.2, 0.25) is 11.7 Å². The SMILES string of the molecule is COC1CCC(NC/C=C/C(=O)Nc2ccc(C(=O)c3cc4c5c(cccn35)-c3c(C(F)(F)F)cc5c(nc(C)n5C)c3OCC4)cc2F)CC1. The van der Waals surface area contributed by atoms with E-state index >= 15 is 4.39 Å². The highest BCUT2D eigenvalue weighted by atomic mass is 19.4. The van der Waals surface area contributed by atoms with Gasteiger partial charge < -0.3 is 29.1 Å². The normalized spacial score (nSPS) is 17.7. The molecule has 0 saturated heterocycles. The molecule has 2 aliphatic rings. The number of imidazole rings is 1. The monoisotopic (exact) mass is 703 g/mol. The largest absolute Gasteiger partial charge is 0.490 e. The first-order chi connectivity index (χ1) is 24.4. The zero-order valence-corrected chi connectivity index (χ0v) is 28.4. The summed E-state index contributed by atoms with van der Waals surface area (Å²) in [6, 6.07) is 9.96.